The monoisotopic (exact) mass is 344 g/mol. The summed E-state index contributed by atoms with van der Waals surface area (Å²) in [5.41, 5.74) is 2.88. The summed E-state index contributed by atoms with van der Waals surface area (Å²) >= 11 is 0. The van der Waals surface area contributed by atoms with Gasteiger partial charge in [-0.1, -0.05) is 48.2 Å². The molecule has 3 nitrogen and oxygen atoms in total. The molecule has 0 spiro atoms. The molecular formula is C22H17FN2O. The molecule has 1 aliphatic heterocycles. The van der Waals surface area contributed by atoms with E-state index in [-0.39, 0.29) is 18.3 Å². The minimum Gasteiger partial charge on any atom is -0.340 e. The van der Waals surface area contributed by atoms with Crippen molar-refractivity contribution in [3.8, 4) is 11.8 Å². The normalized spacial score (nSPS) is 13.1. The van der Waals surface area contributed by atoms with Crippen molar-refractivity contribution in [1.82, 2.24) is 9.47 Å². The standard InChI is InChI=1S/C22H17FN2O/c23-20-9-5-4-8-19(20)16-25-13-12-24-15-18(14-21(24)22(25)26)11-10-17-6-2-1-3-7-17/h1-9,14-15H,12-13,16H2. The lowest BCUT2D eigenvalue weighted by molar-refractivity contribution is 0.0689. The van der Waals surface area contributed by atoms with Crippen LogP contribution in [0.25, 0.3) is 0 Å². The number of aromatic nitrogens is 1. The van der Waals surface area contributed by atoms with E-state index in [0.29, 0.717) is 24.3 Å². The lowest BCUT2D eigenvalue weighted by Gasteiger charge is -2.28. The second kappa shape index (κ2) is 6.89. The summed E-state index contributed by atoms with van der Waals surface area (Å²) < 4.78 is 15.8. The molecule has 0 fully saturated rings. The smallest absolute Gasteiger partial charge is 0.270 e. The van der Waals surface area contributed by atoms with Gasteiger partial charge in [-0.2, -0.15) is 0 Å². The van der Waals surface area contributed by atoms with Crippen molar-refractivity contribution in [2.75, 3.05) is 6.54 Å². The van der Waals surface area contributed by atoms with Gasteiger partial charge in [0.05, 0.1) is 0 Å². The number of halogens is 1. The van der Waals surface area contributed by atoms with Gasteiger partial charge in [-0.25, -0.2) is 4.39 Å². The summed E-state index contributed by atoms with van der Waals surface area (Å²) in [5, 5.41) is 0. The van der Waals surface area contributed by atoms with Gasteiger partial charge in [-0.3, -0.25) is 4.79 Å². The van der Waals surface area contributed by atoms with E-state index in [1.165, 1.54) is 6.07 Å². The molecule has 128 valence electrons. The van der Waals surface area contributed by atoms with E-state index in [1.54, 1.807) is 23.1 Å². The third-order valence-electron chi connectivity index (χ3n) is 4.46. The average Bonchev–Trinajstić information content (AvgIpc) is 3.09. The van der Waals surface area contributed by atoms with Crippen LogP contribution < -0.4 is 0 Å². The molecule has 2 aromatic carbocycles. The van der Waals surface area contributed by atoms with Crippen molar-refractivity contribution < 1.29 is 9.18 Å². The van der Waals surface area contributed by atoms with Gasteiger partial charge < -0.3 is 9.47 Å². The topological polar surface area (TPSA) is 25.2 Å². The van der Waals surface area contributed by atoms with Crippen LogP contribution in [-0.2, 0) is 13.1 Å². The maximum absolute atomic E-state index is 13.9. The van der Waals surface area contributed by atoms with E-state index >= 15 is 0 Å². The molecule has 26 heavy (non-hydrogen) atoms. The van der Waals surface area contributed by atoms with E-state index in [4.69, 9.17) is 0 Å². The molecule has 0 aliphatic carbocycles. The highest BCUT2D eigenvalue weighted by Crippen LogP contribution is 2.19. The Labute approximate surface area is 151 Å². The van der Waals surface area contributed by atoms with E-state index in [9.17, 15) is 9.18 Å². The van der Waals surface area contributed by atoms with Crippen LogP contribution in [0.15, 0.2) is 66.9 Å². The van der Waals surface area contributed by atoms with Crippen molar-refractivity contribution in [2.24, 2.45) is 0 Å². The van der Waals surface area contributed by atoms with Crippen molar-refractivity contribution in [3.05, 3.63) is 95.1 Å². The third-order valence-corrected chi connectivity index (χ3v) is 4.46. The van der Waals surface area contributed by atoms with Gasteiger partial charge in [0.1, 0.15) is 11.5 Å². The number of rotatable bonds is 2. The van der Waals surface area contributed by atoms with Crippen LogP contribution in [0.3, 0.4) is 0 Å². The highest BCUT2D eigenvalue weighted by atomic mass is 19.1. The highest BCUT2D eigenvalue weighted by molar-refractivity contribution is 5.94. The molecule has 0 atom stereocenters. The molecule has 2 heterocycles. The molecule has 0 bridgehead atoms. The van der Waals surface area contributed by atoms with Crippen LogP contribution in [0.2, 0.25) is 0 Å². The number of carbonyl (C=O) groups excluding carboxylic acids is 1. The van der Waals surface area contributed by atoms with Crippen molar-refractivity contribution >= 4 is 5.91 Å². The number of hydrogen-bond acceptors (Lipinski definition) is 1. The van der Waals surface area contributed by atoms with Gasteiger partial charge in [-0.15, -0.1) is 0 Å². The number of hydrogen-bond donors (Lipinski definition) is 0. The first kappa shape index (κ1) is 16.2. The Morgan fingerprint density at radius 1 is 0.923 bits per heavy atom. The maximum Gasteiger partial charge on any atom is 0.270 e. The van der Waals surface area contributed by atoms with E-state index in [1.807, 2.05) is 47.2 Å². The number of nitrogens with zero attached hydrogens (tertiary/aromatic N) is 2. The van der Waals surface area contributed by atoms with E-state index < -0.39 is 0 Å². The lowest BCUT2D eigenvalue weighted by atomic mass is 10.1. The first-order chi connectivity index (χ1) is 12.7. The molecule has 3 aromatic rings. The summed E-state index contributed by atoms with van der Waals surface area (Å²) in [6, 6.07) is 18.1. The molecule has 0 radical (unpaired) electrons. The quantitative estimate of drug-likeness (QED) is 0.651. The van der Waals surface area contributed by atoms with Gasteiger partial charge in [0.25, 0.3) is 5.91 Å². The summed E-state index contributed by atoms with van der Waals surface area (Å²) in [4.78, 5) is 14.4. The Bertz CT molecular complexity index is 1010. The average molecular weight is 344 g/mol. The van der Waals surface area contributed by atoms with E-state index in [0.717, 1.165) is 11.1 Å². The van der Waals surface area contributed by atoms with Gasteiger partial charge in [0.2, 0.25) is 0 Å². The van der Waals surface area contributed by atoms with Crippen LogP contribution >= 0.6 is 0 Å². The molecule has 0 saturated heterocycles. The molecular weight excluding hydrogens is 327 g/mol. The predicted octanol–water partition coefficient (Wildman–Crippen LogP) is 3.68. The zero-order valence-corrected chi connectivity index (χ0v) is 14.2. The fourth-order valence-corrected chi connectivity index (χ4v) is 3.08. The molecule has 1 aromatic heterocycles. The molecule has 1 aliphatic rings. The van der Waals surface area contributed by atoms with Gasteiger partial charge in [0.15, 0.2) is 0 Å². The van der Waals surface area contributed by atoms with Crippen LogP contribution in [0.1, 0.15) is 27.2 Å². The molecule has 0 saturated carbocycles. The van der Waals surface area contributed by atoms with Crippen LogP contribution in [0.4, 0.5) is 4.39 Å². The molecule has 0 N–H and O–H groups in total. The highest BCUT2D eigenvalue weighted by Gasteiger charge is 2.25. The van der Waals surface area contributed by atoms with Crippen molar-refractivity contribution in [3.63, 3.8) is 0 Å². The first-order valence-electron chi connectivity index (χ1n) is 8.50. The zero-order valence-electron chi connectivity index (χ0n) is 14.2. The second-order valence-electron chi connectivity index (χ2n) is 6.24. The Kier molecular flexibility index (Phi) is 4.28. The molecule has 0 unspecified atom stereocenters. The van der Waals surface area contributed by atoms with Crippen molar-refractivity contribution in [1.29, 1.82) is 0 Å². The predicted molar refractivity (Wildman–Crippen MR) is 98.0 cm³/mol. The van der Waals surface area contributed by atoms with E-state index in [2.05, 4.69) is 11.8 Å². The summed E-state index contributed by atoms with van der Waals surface area (Å²) in [6.07, 6.45) is 1.91. The Morgan fingerprint density at radius 2 is 1.65 bits per heavy atom. The summed E-state index contributed by atoms with van der Waals surface area (Å²) in [5.74, 6) is 5.84. The summed E-state index contributed by atoms with van der Waals surface area (Å²) in [6.45, 7) is 1.52. The zero-order chi connectivity index (χ0) is 17.9. The van der Waals surface area contributed by atoms with Gasteiger partial charge in [-0.05, 0) is 24.3 Å². The second-order valence-corrected chi connectivity index (χ2v) is 6.24. The maximum atomic E-state index is 13.9. The van der Waals surface area contributed by atoms with Crippen molar-refractivity contribution in [2.45, 2.75) is 13.1 Å². The van der Waals surface area contributed by atoms with Crippen LogP contribution in [0.5, 0.6) is 0 Å². The van der Waals surface area contributed by atoms with Crippen LogP contribution in [-0.4, -0.2) is 21.9 Å². The number of fused-ring (bicyclic) bond motifs is 1. The third kappa shape index (κ3) is 3.25. The fraction of sp³-hybridized carbons (Fsp3) is 0.136. The Balaban J connectivity index is 1.55. The minimum absolute atomic E-state index is 0.0905. The summed E-state index contributed by atoms with van der Waals surface area (Å²) in [7, 11) is 0. The first-order valence-corrected chi connectivity index (χ1v) is 8.50. The number of carbonyl (C=O) groups is 1. The van der Waals surface area contributed by atoms with Gasteiger partial charge >= 0.3 is 0 Å². The number of amides is 1. The largest absolute Gasteiger partial charge is 0.340 e. The molecule has 4 heteroatoms. The number of benzene rings is 2. The van der Waals surface area contributed by atoms with Crippen LogP contribution in [0, 0.1) is 17.7 Å². The lowest BCUT2D eigenvalue weighted by Crippen LogP contribution is -2.39. The SMILES string of the molecule is O=C1c2cc(C#Cc3ccccc3)cn2CCN1Cc1ccccc1F. The Morgan fingerprint density at radius 3 is 2.46 bits per heavy atom. The molecule has 1 amide bonds. The molecule has 4 rings (SSSR count). The minimum atomic E-state index is -0.282. The Hall–Kier alpha value is -3.32. The fourth-order valence-electron chi connectivity index (χ4n) is 3.08. The van der Waals surface area contributed by atoms with Gasteiger partial charge in [0, 0.05) is 42.5 Å².